The van der Waals surface area contributed by atoms with E-state index < -0.39 is 16.1 Å². The lowest BCUT2D eigenvalue weighted by atomic mass is 10.3. The fraction of sp³-hybridized carbons (Fsp3) is 0.235. The Hall–Kier alpha value is -1.87. The van der Waals surface area contributed by atoms with Crippen molar-refractivity contribution in [1.82, 2.24) is 0 Å². The van der Waals surface area contributed by atoms with Crippen LogP contribution in [0.1, 0.15) is 13.8 Å². The molecule has 0 radical (unpaired) electrons. The van der Waals surface area contributed by atoms with Gasteiger partial charge < -0.3 is 9.47 Å². The zero-order valence-electron chi connectivity index (χ0n) is 14.9. The van der Waals surface area contributed by atoms with Crippen molar-refractivity contribution in [2.75, 3.05) is 23.3 Å². The van der Waals surface area contributed by atoms with Crippen LogP contribution in [0.3, 0.4) is 0 Å². The summed E-state index contributed by atoms with van der Waals surface area (Å²) < 4.78 is 38.1. The van der Waals surface area contributed by atoms with E-state index in [2.05, 4.69) is 10.0 Å². The average Bonchev–Trinajstić information content (AvgIpc) is 2.61. The van der Waals surface area contributed by atoms with Crippen LogP contribution < -0.4 is 14.8 Å². The number of halogens is 3. The maximum atomic E-state index is 12.8. The third-order valence-corrected chi connectivity index (χ3v) is 5.73. The standard InChI is InChI=1S/C17H17Cl3N2O5S/c1-3-26-16-6-5-10(7-15(16)21-17(23)27-4-2)28(24,25)22-14-9-12(19)11(18)8-13(14)20/h5-9,22H,3-4H2,1-2H3,(H,21,23). The first-order valence-corrected chi connectivity index (χ1v) is 10.7. The second-order valence-electron chi connectivity index (χ2n) is 5.29. The number of anilines is 2. The molecule has 0 spiro atoms. The van der Waals surface area contributed by atoms with Gasteiger partial charge in [-0.2, -0.15) is 0 Å². The van der Waals surface area contributed by atoms with Gasteiger partial charge in [0.25, 0.3) is 10.0 Å². The van der Waals surface area contributed by atoms with Crippen LogP contribution in [0.25, 0.3) is 0 Å². The Morgan fingerprint density at radius 3 is 2.29 bits per heavy atom. The molecule has 0 heterocycles. The van der Waals surface area contributed by atoms with Crippen molar-refractivity contribution in [3.8, 4) is 5.75 Å². The average molecular weight is 468 g/mol. The molecule has 11 heteroatoms. The minimum absolute atomic E-state index is 0.0600. The third kappa shape index (κ3) is 5.57. The van der Waals surface area contributed by atoms with Crippen LogP contribution in [0.4, 0.5) is 16.2 Å². The summed E-state index contributed by atoms with van der Waals surface area (Å²) in [5, 5.41) is 2.87. The monoisotopic (exact) mass is 466 g/mol. The van der Waals surface area contributed by atoms with Gasteiger partial charge in [-0.3, -0.25) is 10.0 Å². The van der Waals surface area contributed by atoms with Gasteiger partial charge in [0, 0.05) is 0 Å². The number of carbonyl (C=O) groups excluding carboxylic acids is 1. The van der Waals surface area contributed by atoms with Crippen molar-refractivity contribution in [3.63, 3.8) is 0 Å². The molecule has 2 aromatic carbocycles. The van der Waals surface area contributed by atoms with Gasteiger partial charge in [-0.15, -0.1) is 0 Å². The van der Waals surface area contributed by atoms with Crippen LogP contribution in [-0.4, -0.2) is 27.7 Å². The van der Waals surface area contributed by atoms with Gasteiger partial charge in [0.2, 0.25) is 0 Å². The normalized spacial score (nSPS) is 11.0. The van der Waals surface area contributed by atoms with Crippen molar-refractivity contribution < 1.29 is 22.7 Å². The highest BCUT2D eigenvalue weighted by Crippen LogP contribution is 2.34. The molecule has 28 heavy (non-hydrogen) atoms. The van der Waals surface area contributed by atoms with E-state index in [9.17, 15) is 13.2 Å². The molecule has 0 aromatic heterocycles. The molecule has 0 unspecified atom stereocenters. The van der Waals surface area contributed by atoms with E-state index in [-0.39, 0.29) is 37.9 Å². The summed E-state index contributed by atoms with van der Waals surface area (Å²) in [5.41, 5.74) is 0.202. The lowest BCUT2D eigenvalue weighted by Gasteiger charge is -2.15. The molecular weight excluding hydrogens is 451 g/mol. The molecule has 0 fully saturated rings. The fourth-order valence-corrected chi connectivity index (χ4v) is 3.88. The van der Waals surface area contributed by atoms with Crippen LogP contribution in [0.5, 0.6) is 5.75 Å². The van der Waals surface area contributed by atoms with Crippen molar-refractivity contribution in [2.45, 2.75) is 18.7 Å². The van der Waals surface area contributed by atoms with Gasteiger partial charge in [0.1, 0.15) is 5.75 Å². The summed E-state index contributed by atoms with van der Waals surface area (Å²) in [6.45, 7) is 3.88. The Bertz CT molecular complexity index is 983. The number of amides is 1. The Labute approximate surface area is 177 Å². The van der Waals surface area contributed by atoms with Crippen molar-refractivity contribution in [2.24, 2.45) is 0 Å². The molecular formula is C17H17Cl3N2O5S. The maximum Gasteiger partial charge on any atom is 0.411 e. The van der Waals surface area contributed by atoms with Gasteiger partial charge in [-0.25, -0.2) is 13.2 Å². The number of benzene rings is 2. The first kappa shape index (κ1) is 22.4. The SMILES string of the molecule is CCOC(=O)Nc1cc(S(=O)(=O)Nc2cc(Cl)c(Cl)cc2Cl)ccc1OCC. The molecule has 2 N–H and O–H groups in total. The summed E-state index contributed by atoms with van der Waals surface area (Å²) in [6, 6.07) is 6.63. The van der Waals surface area contributed by atoms with Crippen LogP contribution in [-0.2, 0) is 14.8 Å². The van der Waals surface area contributed by atoms with Gasteiger partial charge >= 0.3 is 6.09 Å². The zero-order valence-corrected chi connectivity index (χ0v) is 18.0. The molecule has 7 nitrogen and oxygen atoms in total. The number of sulfonamides is 1. The Balaban J connectivity index is 2.39. The second kappa shape index (κ2) is 9.56. The fourth-order valence-electron chi connectivity index (χ4n) is 2.14. The zero-order chi connectivity index (χ0) is 20.9. The summed E-state index contributed by atoms with van der Waals surface area (Å²) in [7, 11) is -4.05. The van der Waals surface area contributed by atoms with Crippen LogP contribution >= 0.6 is 34.8 Å². The first-order chi connectivity index (χ1) is 13.2. The number of nitrogens with one attached hydrogen (secondary N) is 2. The van der Waals surface area contributed by atoms with E-state index >= 15 is 0 Å². The van der Waals surface area contributed by atoms with Gasteiger partial charge in [0.05, 0.1) is 44.6 Å². The second-order valence-corrected chi connectivity index (χ2v) is 8.19. The minimum Gasteiger partial charge on any atom is -0.492 e. The third-order valence-electron chi connectivity index (χ3n) is 3.33. The van der Waals surface area contributed by atoms with E-state index in [0.29, 0.717) is 12.4 Å². The highest BCUT2D eigenvalue weighted by Gasteiger charge is 2.20. The molecule has 0 aliphatic carbocycles. The maximum absolute atomic E-state index is 12.8. The Kier molecular flexibility index (Phi) is 7.65. The number of hydrogen-bond acceptors (Lipinski definition) is 5. The van der Waals surface area contributed by atoms with Crippen molar-refractivity contribution in [1.29, 1.82) is 0 Å². The summed E-state index contributed by atoms with van der Waals surface area (Å²) in [6.07, 6.45) is -0.738. The lowest BCUT2D eigenvalue weighted by Crippen LogP contribution is -2.17. The Morgan fingerprint density at radius 2 is 1.64 bits per heavy atom. The molecule has 0 saturated carbocycles. The number of ether oxygens (including phenoxy) is 2. The molecule has 0 aliphatic rings. The summed E-state index contributed by atoms with van der Waals surface area (Å²) in [4.78, 5) is 11.6. The molecule has 0 atom stereocenters. The predicted molar refractivity (Wildman–Crippen MR) is 111 cm³/mol. The summed E-state index contributed by atoms with van der Waals surface area (Å²) >= 11 is 17.8. The molecule has 0 aliphatic heterocycles. The quantitative estimate of drug-likeness (QED) is 0.531. The first-order valence-electron chi connectivity index (χ1n) is 8.06. The lowest BCUT2D eigenvalue weighted by molar-refractivity contribution is 0.167. The van der Waals surface area contributed by atoms with Gasteiger partial charge in [-0.05, 0) is 44.2 Å². The van der Waals surface area contributed by atoms with E-state index in [1.807, 2.05) is 0 Å². The van der Waals surface area contributed by atoms with Gasteiger partial charge in [-0.1, -0.05) is 34.8 Å². The number of hydrogen-bond donors (Lipinski definition) is 2. The van der Waals surface area contributed by atoms with Crippen LogP contribution in [0.15, 0.2) is 35.2 Å². The topological polar surface area (TPSA) is 93.7 Å². The van der Waals surface area contributed by atoms with E-state index in [1.54, 1.807) is 13.8 Å². The highest BCUT2D eigenvalue weighted by molar-refractivity contribution is 7.92. The van der Waals surface area contributed by atoms with E-state index in [4.69, 9.17) is 44.3 Å². The smallest absolute Gasteiger partial charge is 0.411 e. The predicted octanol–water partition coefficient (Wildman–Crippen LogP) is 5.41. The minimum atomic E-state index is -4.05. The largest absolute Gasteiger partial charge is 0.492 e. The molecule has 2 aromatic rings. The van der Waals surface area contributed by atoms with Crippen LogP contribution in [0.2, 0.25) is 15.1 Å². The van der Waals surface area contributed by atoms with Crippen molar-refractivity contribution in [3.05, 3.63) is 45.4 Å². The highest BCUT2D eigenvalue weighted by atomic mass is 35.5. The molecule has 2 rings (SSSR count). The van der Waals surface area contributed by atoms with Crippen molar-refractivity contribution >= 4 is 62.3 Å². The number of rotatable bonds is 7. The summed E-state index contributed by atoms with van der Waals surface area (Å²) in [5.74, 6) is 0.294. The number of carbonyl (C=O) groups is 1. The molecule has 152 valence electrons. The molecule has 1 amide bonds. The van der Waals surface area contributed by atoms with Gasteiger partial charge in [0.15, 0.2) is 0 Å². The Morgan fingerprint density at radius 1 is 0.964 bits per heavy atom. The molecule has 0 saturated heterocycles. The van der Waals surface area contributed by atoms with Crippen LogP contribution in [0, 0.1) is 0 Å². The van der Waals surface area contributed by atoms with E-state index in [1.165, 1.54) is 30.3 Å². The van der Waals surface area contributed by atoms with E-state index in [0.717, 1.165) is 0 Å². The molecule has 0 bridgehead atoms.